The molecule has 0 amide bonds. The Kier molecular flexibility index (Phi) is 2.51. The molecule has 1 saturated carbocycles. The van der Waals surface area contributed by atoms with Crippen LogP contribution >= 0.6 is 0 Å². The molecule has 0 spiro atoms. The first-order valence-corrected chi connectivity index (χ1v) is 6.36. The van der Waals surface area contributed by atoms with Gasteiger partial charge in [0.15, 0.2) is 0 Å². The largest absolute Gasteiger partial charge is 0.458 e. The van der Waals surface area contributed by atoms with E-state index in [0.29, 0.717) is 5.57 Å². The molecule has 0 radical (unpaired) electrons. The molecule has 3 heteroatoms. The molecule has 2 aliphatic carbocycles. The van der Waals surface area contributed by atoms with E-state index < -0.39 is 0 Å². The van der Waals surface area contributed by atoms with Gasteiger partial charge in [-0.2, -0.15) is 0 Å². The summed E-state index contributed by atoms with van der Waals surface area (Å²) in [5, 5.41) is 0. The topological polar surface area (TPSA) is 43.4 Å². The second-order valence-electron chi connectivity index (χ2n) is 5.39. The Bertz CT molecular complexity index is 486. The number of allylic oxidation sites excluding steroid dienone is 2. The Morgan fingerprint density at radius 1 is 1.33 bits per heavy atom. The van der Waals surface area contributed by atoms with Gasteiger partial charge >= 0.3 is 5.97 Å². The van der Waals surface area contributed by atoms with Crippen LogP contribution in [0.3, 0.4) is 0 Å². The lowest BCUT2D eigenvalue weighted by atomic mass is 9.80. The molecule has 0 aromatic carbocycles. The molecule has 3 rings (SSSR count). The average molecular weight is 244 g/mol. The summed E-state index contributed by atoms with van der Waals surface area (Å²) in [5.74, 6) is -0.0105. The number of esters is 1. The summed E-state index contributed by atoms with van der Waals surface area (Å²) < 4.78 is 5.47. The lowest BCUT2D eigenvalue weighted by Gasteiger charge is -2.26. The number of ether oxygens (including phenoxy) is 1. The second kappa shape index (κ2) is 3.94. The summed E-state index contributed by atoms with van der Waals surface area (Å²) in [6, 6.07) is 0. The van der Waals surface area contributed by atoms with Gasteiger partial charge in [-0.15, -0.1) is 0 Å². The molecule has 3 aliphatic rings. The minimum atomic E-state index is -0.298. The molecule has 2 fully saturated rings. The summed E-state index contributed by atoms with van der Waals surface area (Å²) in [5.41, 5.74) is 2.50. The SMILES string of the molecule is C=C1C(=O)OC2C1CCC(=C)C1CC=C(C=O)C12. The first kappa shape index (κ1) is 11.5. The van der Waals surface area contributed by atoms with Crippen molar-refractivity contribution in [2.24, 2.45) is 17.8 Å². The van der Waals surface area contributed by atoms with Crippen LogP contribution in [0.1, 0.15) is 19.3 Å². The monoisotopic (exact) mass is 244 g/mol. The quantitative estimate of drug-likeness (QED) is 0.307. The van der Waals surface area contributed by atoms with Gasteiger partial charge in [0.05, 0.1) is 0 Å². The Morgan fingerprint density at radius 3 is 2.83 bits per heavy atom. The number of carbonyl (C=O) groups excluding carboxylic acids is 2. The van der Waals surface area contributed by atoms with Gasteiger partial charge in [0.25, 0.3) is 0 Å². The first-order chi connectivity index (χ1) is 8.63. The van der Waals surface area contributed by atoms with E-state index >= 15 is 0 Å². The van der Waals surface area contributed by atoms with E-state index in [2.05, 4.69) is 13.2 Å². The van der Waals surface area contributed by atoms with Gasteiger partial charge in [-0.1, -0.05) is 24.8 Å². The van der Waals surface area contributed by atoms with E-state index in [1.165, 1.54) is 5.57 Å². The average Bonchev–Trinajstić information content (AvgIpc) is 2.86. The van der Waals surface area contributed by atoms with Crippen LogP contribution in [0.2, 0.25) is 0 Å². The standard InChI is InChI=1S/C15H16O3/c1-8-3-5-12-9(2)15(17)18-14(12)13-10(7-16)4-6-11(8)13/h4,7,11-14H,1-3,5-6H2. The highest BCUT2D eigenvalue weighted by Crippen LogP contribution is 2.49. The Hall–Kier alpha value is -1.64. The molecule has 1 aliphatic heterocycles. The fourth-order valence-electron chi connectivity index (χ4n) is 3.56. The summed E-state index contributed by atoms with van der Waals surface area (Å²) >= 11 is 0. The van der Waals surface area contributed by atoms with Gasteiger partial charge in [0, 0.05) is 17.4 Å². The van der Waals surface area contributed by atoms with Crippen LogP contribution in [0.4, 0.5) is 0 Å². The zero-order valence-corrected chi connectivity index (χ0v) is 10.2. The molecule has 1 saturated heterocycles. The number of hydrogen-bond acceptors (Lipinski definition) is 3. The van der Waals surface area contributed by atoms with Gasteiger partial charge in [-0.05, 0) is 30.8 Å². The zero-order chi connectivity index (χ0) is 12.9. The molecule has 4 atom stereocenters. The van der Waals surface area contributed by atoms with E-state index in [9.17, 15) is 9.59 Å². The van der Waals surface area contributed by atoms with Crippen LogP contribution < -0.4 is 0 Å². The maximum atomic E-state index is 11.7. The molecule has 3 nitrogen and oxygen atoms in total. The van der Waals surface area contributed by atoms with Crippen molar-refractivity contribution in [3.05, 3.63) is 36.0 Å². The Morgan fingerprint density at radius 2 is 2.11 bits per heavy atom. The molecule has 0 aromatic heterocycles. The van der Waals surface area contributed by atoms with Crippen LogP contribution in [-0.4, -0.2) is 18.4 Å². The molecular weight excluding hydrogens is 228 g/mol. The fourth-order valence-corrected chi connectivity index (χ4v) is 3.56. The zero-order valence-electron chi connectivity index (χ0n) is 10.2. The van der Waals surface area contributed by atoms with Crippen molar-refractivity contribution >= 4 is 12.3 Å². The van der Waals surface area contributed by atoms with Gasteiger partial charge in [-0.3, -0.25) is 4.79 Å². The van der Waals surface area contributed by atoms with Gasteiger partial charge in [0.1, 0.15) is 12.4 Å². The van der Waals surface area contributed by atoms with Crippen molar-refractivity contribution in [2.75, 3.05) is 0 Å². The molecule has 1 heterocycles. The highest BCUT2D eigenvalue weighted by atomic mass is 16.6. The highest BCUT2D eigenvalue weighted by molar-refractivity contribution is 5.91. The van der Waals surface area contributed by atoms with Crippen molar-refractivity contribution in [3.63, 3.8) is 0 Å². The number of fused-ring (bicyclic) bond motifs is 3. The van der Waals surface area contributed by atoms with Crippen molar-refractivity contribution in [2.45, 2.75) is 25.4 Å². The van der Waals surface area contributed by atoms with Crippen molar-refractivity contribution in [3.8, 4) is 0 Å². The maximum Gasteiger partial charge on any atom is 0.334 e. The van der Waals surface area contributed by atoms with Crippen molar-refractivity contribution < 1.29 is 14.3 Å². The predicted octanol–water partition coefficient (Wildman–Crippen LogP) is 2.20. The lowest BCUT2D eigenvalue weighted by molar-refractivity contribution is -0.141. The van der Waals surface area contributed by atoms with Crippen molar-refractivity contribution in [1.29, 1.82) is 0 Å². The minimum Gasteiger partial charge on any atom is -0.458 e. The Balaban J connectivity index is 2.02. The van der Waals surface area contributed by atoms with Gasteiger partial charge in [-0.25, -0.2) is 4.79 Å². The van der Waals surface area contributed by atoms with E-state index in [1.807, 2.05) is 6.08 Å². The summed E-state index contributed by atoms with van der Waals surface area (Å²) in [6.07, 6.45) is 5.23. The van der Waals surface area contributed by atoms with Gasteiger partial charge in [0.2, 0.25) is 0 Å². The number of aldehydes is 1. The lowest BCUT2D eigenvalue weighted by Crippen LogP contribution is -2.30. The highest BCUT2D eigenvalue weighted by Gasteiger charge is 2.50. The van der Waals surface area contributed by atoms with Crippen LogP contribution in [0.15, 0.2) is 36.0 Å². The third-order valence-electron chi connectivity index (χ3n) is 4.57. The predicted molar refractivity (Wildman–Crippen MR) is 66.6 cm³/mol. The van der Waals surface area contributed by atoms with E-state index in [4.69, 9.17) is 4.74 Å². The molecular formula is C15H16O3. The molecule has 4 unspecified atom stereocenters. The van der Waals surface area contributed by atoms with Crippen LogP contribution in [0.5, 0.6) is 0 Å². The maximum absolute atomic E-state index is 11.7. The van der Waals surface area contributed by atoms with E-state index in [0.717, 1.165) is 31.1 Å². The fraction of sp³-hybridized carbons (Fsp3) is 0.467. The Labute approximate surface area is 106 Å². The summed E-state index contributed by atoms with van der Waals surface area (Å²) in [6.45, 7) is 7.98. The number of carbonyl (C=O) groups is 2. The molecule has 94 valence electrons. The summed E-state index contributed by atoms with van der Waals surface area (Å²) in [7, 11) is 0. The normalized spacial score (nSPS) is 38.7. The van der Waals surface area contributed by atoms with Crippen molar-refractivity contribution in [1.82, 2.24) is 0 Å². The van der Waals surface area contributed by atoms with E-state index in [-0.39, 0.29) is 29.8 Å². The van der Waals surface area contributed by atoms with Crippen LogP contribution in [0.25, 0.3) is 0 Å². The third kappa shape index (κ3) is 1.43. The molecule has 0 bridgehead atoms. The smallest absolute Gasteiger partial charge is 0.334 e. The van der Waals surface area contributed by atoms with Crippen LogP contribution in [0, 0.1) is 17.8 Å². The third-order valence-corrected chi connectivity index (χ3v) is 4.57. The summed E-state index contributed by atoms with van der Waals surface area (Å²) in [4.78, 5) is 22.8. The molecule has 18 heavy (non-hydrogen) atoms. The molecule has 0 aromatic rings. The van der Waals surface area contributed by atoms with Crippen LogP contribution in [-0.2, 0) is 14.3 Å². The number of hydrogen-bond donors (Lipinski definition) is 0. The van der Waals surface area contributed by atoms with E-state index in [1.54, 1.807) is 0 Å². The molecule has 0 N–H and O–H groups in total. The number of rotatable bonds is 1. The second-order valence-corrected chi connectivity index (χ2v) is 5.39. The minimum absolute atomic E-state index is 0.00861. The first-order valence-electron chi connectivity index (χ1n) is 6.36. The van der Waals surface area contributed by atoms with Gasteiger partial charge < -0.3 is 4.74 Å².